The van der Waals surface area contributed by atoms with Crippen molar-refractivity contribution in [2.24, 2.45) is 13.0 Å². The molecule has 0 saturated carbocycles. The molecule has 1 aromatic heterocycles. The maximum atomic E-state index is 11.1. The number of ether oxygens (including phenoxy) is 1. The van der Waals surface area contributed by atoms with Crippen LogP contribution in [0.2, 0.25) is 0 Å². The van der Waals surface area contributed by atoms with Crippen LogP contribution in [0, 0.1) is 5.92 Å². The number of methoxy groups -OCH3 is 1. The Morgan fingerprint density at radius 1 is 1.44 bits per heavy atom. The van der Waals surface area contributed by atoms with Crippen molar-refractivity contribution >= 4 is 16.9 Å². The first-order chi connectivity index (χ1) is 8.61. The lowest BCUT2D eigenvalue weighted by atomic mass is 10.1. The van der Waals surface area contributed by atoms with Crippen LogP contribution in [-0.2, 0) is 24.7 Å². The molecule has 1 heterocycles. The maximum absolute atomic E-state index is 11.1. The summed E-state index contributed by atoms with van der Waals surface area (Å²) in [5.74, 6) is -0.172. The lowest BCUT2D eigenvalue weighted by molar-refractivity contribution is -0.141. The largest absolute Gasteiger partial charge is 0.497 e. The number of nitrogens with zero attached hydrogens (tertiary/aromatic N) is 1. The number of aliphatic carboxylic acids is 1. The van der Waals surface area contributed by atoms with E-state index < -0.39 is 5.97 Å². The molecule has 4 nitrogen and oxygen atoms in total. The van der Waals surface area contributed by atoms with Crippen LogP contribution in [0.25, 0.3) is 10.9 Å². The van der Waals surface area contributed by atoms with Crippen molar-refractivity contribution in [3.8, 4) is 5.75 Å². The number of carboxylic acids is 1. The van der Waals surface area contributed by atoms with Gasteiger partial charge < -0.3 is 14.4 Å². The van der Waals surface area contributed by atoms with E-state index >= 15 is 0 Å². The summed E-state index contributed by atoms with van der Waals surface area (Å²) in [6.07, 6.45) is 1.24. The zero-order valence-corrected chi connectivity index (χ0v) is 10.4. The van der Waals surface area contributed by atoms with Crippen molar-refractivity contribution < 1.29 is 14.6 Å². The Morgan fingerprint density at radius 2 is 2.22 bits per heavy atom. The van der Waals surface area contributed by atoms with E-state index in [1.807, 2.05) is 25.2 Å². The van der Waals surface area contributed by atoms with Crippen LogP contribution in [0.5, 0.6) is 5.75 Å². The molecule has 1 aliphatic rings. The predicted molar refractivity (Wildman–Crippen MR) is 68.0 cm³/mol. The van der Waals surface area contributed by atoms with E-state index in [1.54, 1.807) is 7.11 Å². The number of benzene rings is 1. The molecule has 1 unspecified atom stereocenters. The average molecular weight is 245 g/mol. The van der Waals surface area contributed by atoms with E-state index in [2.05, 4.69) is 4.57 Å². The summed E-state index contributed by atoms with van der Waals surface area (Å²) >= 11 is 0. The molecule has 0 aliphatic heterocycles. The second-order valence-corrected chi connectivity index (χ2v) is 4.81. The number of rotatable bonds is 2. The number of carboxylic acid groups (broad SMARTS) is 1. The number of fused-ring (bicyclic) bond motifs is 3. The number of hydrogen-bond acceptors (Lipinski definition) is 2. The number of hydrogen-bond donors (Lipinski definition) is 1. The summed E-state index contributed by atoms with van der Waals surface area (Å²) in [6.45, 7) is 0. The second-order valence-electron chi connectivity index (χ2n) is 4.81. The Morgan fingerprint density at radius 3 is 2.89 bits per heavy atom. The van der Waals surface area contributed by atoms with Crippen molar-refractivity contribution in [3.05, 3.63) is 29.5 Å². The predicted octanol–water partition coefficient (Wildman–Crippen LogP) is 1.99. The van der Waals surface area contributed by atoms with Crippen molar-refractivity contribution in [2.75, 3.05) is 7.11 Å². The smallest absolute Gasteiger partial charge is 0.307 e. The first kappa shape index (κ1) is 11.1. The van der Waals surface area contributed by atoms with Crippen molar-refractivity contribution in [2.45, 2.75) is 12.8 Å². The Kier molecular flexibility index (Phi) is 2.33. The van der Waals surface area contributed by atoms with Gasteiger partial charge in [0.25, 0.3) is 0 Å². The Balaban J connectivity index is 2.18. The second kappa shape index (κ2) is 3.77. The van der Waals surface area contributed by atoms with E-state index in [1.165, 1.54) is 5.56 Å². The monoisotopic (exact) mass is 245 g/mol. The molecule has 0 radical (unpaired) electrons. The Bertz CT molecular complexity index is 642. The normalized spacial score (nSPS) is 18.0. The molecular weight excluding hydrogens is 230 g/mol. The highest BCUT2D eigenvalue weighted by Gasteiger charge is 2.31. The molecule has 0 spiro atoms. The molecule has 18 heavy (non-hydrogen) atoms. The number of carbonyl (C=O) groups is 1. The van der Waals surface area contributed by atoms with Crippen LogP contribution in [-0.4, -0.2) is 22.8 Å². The van der Waals surface area contributed by atoms with E-state index in [4.69, 9.17) is 9.84 Å². The topological polar surface area (TPSA) is 51.5 Å². The molecule has 4 heteroatoms. The van der Waals surface area contributed by atoms with Gasteiger partial charge in [0.05, 0.1) is 13.0 Å². The molecule has 2 aromatic rings. The zero-order chi connectivity index (χ0) is 12.9. The van der Waals surface area contributed by atoms with Crippen LogP contribution in [0.15, 0.2) is 18.2 Å². The van der Waals surface area contributed by atoms with Crippen LogP contribution in [0.1, 0.15) is 11.3 Å². The highest BCUT2D eigenvalue weighted by atomic mass is 16.5. The highest BCUT2D eigenvalue weighted by Crippen LogP contribution is 2.36. The standard InChI is InChI=1S/C14H15NO3/c1-15-12-4-3-9(18-2)7-11(12)10-5-8(14(16)17)6-13(10)15/h3-4,7-8H,5-6H2,1-2H3,(H,16,17). The third-order valence-corrected chi connectivity index (χ3v) is 3.88. The van der Waals surface area contributed by atoms with E-state index in [0.29, 0.717) is 12.8 Å². The van der Waals surface area contributed by atoms with Crippen LogP contribution < -0.4 is 4.74 Å². The summed E-state index contributed by atoms with van der Waals surface area (Å²) in [7, 11) is 3.64. The van der Waals surface area contributed by atoms with Gasteiger partial charge >= 0.3 is 5.97 Å². The third kappa shape index (κ3) is 1.41. The van der Waals surface area contributed by atoms with Gasteiger partial charge in [0, 0.05) is 30.1 Å². The Hall–Kier alpha value is -1.97. The first-order valence-electron chi connectivity index (χ1n) is 5.98. The number of aryl methyl sites for hydroxylation is 1. The van der Waals surface area contributed by atoms with Crippen LogP contribution in [0.3, 0.4) is 0 Å². The highest BCUT2D eigenvalue weighted by molar-refractivity contribution is 5.89. The van der Waals surface area contributed by atoms with Gasteiger partial charge in [-0.05, 0) is 30.2 Å². The van der Waals surface area contributed by atoms with Crippen LogP contribution in [0.4, 0.5) is 0 Å². The molecule has 1 N–H and O–H groups in total. The summed E-state index contributed by atoms with van der Waals surface area (Å²) in [4.78, 5) is 11.1. The van der Waals surface area contributed by atoms with Crippen molar-refractivity contribution in [3.63, 3.8) is 0 Å². The fourth-order valence-corrected chi connectivity index (χ4v) is 2.89. The molecule has 0 bridgehead atoms. The van der Waals surface area contributed by atoms with Crippen molar-refractivity contribution in [1.29, 1.82) is 0 Å². The molecule has 1 aromatic carbocycles. The van der Waals surface area contributed by atoms with E-state index in [-0.39, 0.29) is 5.92 Å². The van der Waals surface area contributed by atoms with Gasteiger partial charge in [0.2, 0.25) is 0 Å². The summed E-state index contributed by atoms with van der Waals surface area (Å²) < 4.78 is 7.34. The fraction of sp³-hybridized carbons (Fsp3) is 0.357. The minimum Gasteiger partial charge on any atom is -0.497 e. The molecule has 0 saturated heterocycles. The molecule has 0 fully saturated rings. The minimum absolute atomic E-state index is 0.281. The summed E-state index contributed by atoms with van der Waals surface area (Å²) in [5.41, 5.74) is 3.45. The molecule has 3 rings (SSSR count). The lowest BCUT2D eigenvalue weighted by Crippen LogP contribution is -2.14. The van der Waals surface area contributed by atoms with Crippen molar-refractivity contribution in [1.82, 2.24) is 4.57 Å². The average Bonchev–Trinajstić information content (AvgIpc) is 2.90. The van der Waals surface area contributed by atoms with Gasteiger partial charge in [-0.15, -0.1) is 0 Å². The maximum Gasteiger partial charge on any atom is 0.307 e. The first-order valence-corrected chi connectivity index (χ1v) is 5.98. The van der Waals surface area contributed by atoms with Gasteiger partial charge in [-0.2, -0.15) is 0 Å². The lowest BCUT2D eigenvalue weighted by Gasteiger charge is -2.06. The van der Waals surface area contributed by atoms with Gasteiger partial charge in [0.1, 0.15) is 5.75 Å². The molecule has 0 amide bonds. The summed E-state index contributed by atoms with van der Waals surface area (Å²) in [6, 6.07) is 5.97. The van der Waals surface area contributed by atoms with Gasteiger partial charge in [0.15, 0.2) is 0 Å². The molecule has 1 aliphatic carbocycles. The zero-order valence-electron chi connectivity index (χ0n) is 10.4. The third-order valence-electron chi connectivity index (χ3n) is 3.88. The summed E-state index contributed by atoms with van der Waals surface area (Å²) in [5, 5.41) is 10.3. The minimum atomic E-state index is -0.706. The van der Waals surface area contributed by atoms with Gasteiger partial charge in [-0.25, -0.2) is 0 Å². The SMILES string of the molecule is COc1ccc2c(c1)c1c(n2C)CC(C(=O)O)C1. The molecule has 94 valence electrons. The van der Waals surface area contributed by atoms with E-state index in [9.17, 15) is 4.79 Å². The number of aromatic nitrogens is 1. The Labute approximate surface area is 105 Å². The molecule has 1 atom stereocenters. The molecular formula is C14H15NO3. The van der Waals surface area contributed by atoms with Gasteiger partial charge in [-0.1, -0.05) is 0 Å². The van der Waals surface area contributed by atoms with E-state index in [0.717, 1.165) is 22.3 Å². The quantitative estimate of drug-likeness (QED) is 0.880. The van der Waals surface area contributed by atoms with Gasteiger partial charge in [-0.3, -0.25) is 4.79 Å². The fourth-order valence-electron chi connectivity index (χ4n) is 2.89. The van der Waals surface area contributed by atoms with Crippen LogP contribution >= 0.6 is 0 Å².